The largest absolute Gasteiger partial charge is 0.208 e. The molecular formula is C52H33N3. The van der Waals surface area contributed by atoms with Gasteiger partial charge in [0.1, 0.15) is 0 Å². The molecule has 0 aliphatic heterocycles. The minimum atomic E-state index is -0.530. The lowest BCUT2D eigenvalue weighted by Crippen LogP contribution is -2.28. The lowest BCUT2D eigenvalue weighted by atomic mass is 9.66. The summed E-state index contributed by atoms with van der Waals surface area (Å²) in [7, 11) is 0. The molecule has 10 aromatic rings. The molecule has 0 unspecified atom stereocenters. The van der Waals surface area contributed by atoms with Crippen molar-refractivity contribution >= 4 is 32.3 Å². The van der Waals surface area contributed by atoms with Crippen LogP contribution in [0.25, 0.3) is 77.6 Å². The first-order valence-electron chi connectivity index (χ1n) is 18.8. The fourth-order valence-electron chi connectivity index (χ4n) is 8.92. The third kappa shape index (κ3) is 4.87. The highest BCUT2D eigenvalue weighted by atomic mass is 15.0. The van der Waals surface area contributed by atoms with Crippen LogP contribution >= 0.6 is 0 Å². The van der Waals surface area contributed by atoms with Crippen molar-refractivity contribution < 1.29 is 0 Å². The normalized spacial score (nSPS) is 12.9. The van der Waals surface area contributed by atoms with E-state index in [0.29, 0.717) is 17.5 Å². The summed E-state index contributed by atoms with van der Waals surface area (Å²) in [5.74, 6) is 1.94. The van der Waals surface area contributed by atoms with Gasteiger partial charge in [-0.1, -0.05) is 188 Å². The molecule has 0 spiro atoms. The molecule has 0 saturated carbocycles. The second-order valence-electron chi connectivity index (χ2n) is 14.3. The second kappa shape index (κ2) is 12.4. The Morgan fingerprint density at radius 3 is 1.44 bits per heavy atom. The maximum atomic E-state index is 5.28. The highest BCUT2D eigenvalue weighted by Gasteiger charge is 2.47. The zero-order valence-electron chi connectivity index (χ0n) is 29.9. The molecule has 0 radical (unpaired) electrons. The smallest absolute Gasteiger partial charge is 0.164 e. The van der Waals surface area contributed by atoms with Crippen LogP contribution in [0, 0.1) is 0 Å². The molecule has 3 heteroatoms. The second-order valence-corrected chi connectivity index (χ2v) is 14.3. The number of fused-ring (bicyclic) bond motifs is 7. The average Bonchev–Trinajstić information content (AvgIpc) is 3.58. The van der Waals surface area contributed by atoms with Gasteiger partial charge in [-0.25, -0.2) is 15.0 Å². The molecular weight excluding hydrogens is 667 g/mol. The maximum absolute atomic E-state index is 5.28. The van der Waals surface area contributed by atoms with E-state index in [-0.39, 0.29) is 0 Å². The van der Waals surface area contributed by atoms with Crippen LogP contribution in [0.5, 0.6) is 0 Å². The van der Waals surface area contributed by atoms with Crippen LogP contribution < -0.4 is 0 Å². The van der Waals surface area contributed by atoms with Crippen molar-refractivity contribution in [3.63, 3.8) is 0 Å². The summed E-state index contributed by atoms with van der Waals surface area (Å²) in [5.41, 5.74) is 9.90. The fourth-order valence-corrected chi connectivity index (χ4v) is 8.92. The maximum Gasteiger partial charge on any atom is 0.164 e. The van der Waals surface area contributed by atoms with Gasteiger partial charge in [-0.2, -0.15) is 0 Å². The summed E-state index contributed by atoms with van der Waals surface area (Å²) in [6.07, 6.45) is 0. The van der Waals surface area contributed by atoms with Gasteiger partial charge in [-0.05, 0) is 77.8 Å². The topological polar surface area (TPSA) is 38.7 Å². The van der Waals surface area contributed by atoms with E-state index in [1.165, 1.54) is 49.5 Å². The van der Waals surface area contributed by atoms with Crippen LogP contribution in [0.4, 0.5) is 0 Å². The number of hydrogen-bond acceptors (Lipinski definition) is 3. The van der Waals surface area contributed by atoms with Crippen molar-refractivity contribution in [2.24, 2.45) is 0 Å². The highest BCUT2D eigenvalue weighted by Crippen LogP contribution is 2.58. The molecule has 11 rings (SSSR count). The van der Waals surface area contributed by atoms with Crippen LogP contribution in [-0.4, -0.2) is 15.0 Å². The van der Waals surface area contributed by atoms with Gasteiger partial charge in [-0.15, -0.1) is 0 Å². The molecule has 9 aromatic carbocycles. The average molecular weight is 700 g/mol. The Morgan fingerprint density at radius 1 is 0.309 bits per heavy atom. The lowest BCUT2D eigenvalue weighted by molar-refractivity contribution is 0.775. The zero-order chi connectivity index (χ0) is 36.3. The van der Waals surface area contributed by atoms with E-state index in [9.17, 15) is 0 Å². The van der Waals surface area contributed by atoms with Crippen molar-refractivity contribution in [3.8, 4) is 45.3 Å². The van der Waals surface area contributed by atoms with Crippen molar-refractivity contribution in [3.05, 3.63) is 222 Å². The number of rotatable bonds is 5. The SMILES string of the molecule is c1ccc(C2(c3ccccc3)c3ccccc3-c3ccc4c(-c5nc(-c6ccc7ccccc7c6)nc(-c6ccc7ccccc7c6)n5)cccc4c32)cc1. The van der Waals surface area contributed by atoms with Crippen LogP contribution in [0.2, 0.25) is 0 Å². The van der Waals surface area contributed by atoms with E-state index in [1.807, 2.05) is 0 Å². The third-order valence-corrected chi connectivity index (χ3v) is 11.4. The Morgan fingerprint density at radius 2 is 0.818 bits per heavy atom. The van der Waals surface area contributed by atoms with Gasteiger partial charge >= 0.3 is 0 Å². The molecule has 1 aromatic heterocycles. The van der Waals surface area contributed by atoms with Crippen molar-refractivity contribution in [1.29, 1.82) is 0 Å². The number of aromatic nitrogens is 3. The Labute approximate surface area is 319 Å². The quantitative estimate of drug-likeness (QED) is 0.179. The van der Waals surface area contributed by atoms with E-state index in [0.717, 1.165) is 32.8 Å². The molecule has 1 heterocycles. The molecule has 0 bridgehead atoms. The molecule has 0 N–H and O–H groups in total. The van der Waals surface area contributed by atoms with Crippen LogP contribution in [-0.2, 0) is 5.41 Å². The van der Waals surface area contributed by atoms with Gasteiger partial charge in [0, 0.05) is 16.7 Å². The van der Waals surface area contributed by atoms with E-state index >= 15 is 0 Å². The molecule has 55 heavy (non-hydrogen) atoms. The number of benzene rings is 9. The first kappa shape index (κ1) is 31.3. The number of hydrogen-bond donors (Lipinski definition) is 0. The molecule has 0 atom stereocenters. The predicted molar refractivity (Wildman–Crippen MR) is 226 cm³/mol. The first-order chi connectivity index (χ1) is 27.3. The molecule has 1 aliphatic carbocycles. The monoisotopic (exact) mass is 699 g/mol. The van der Waals surface area contributed by atoms with Gasteiger partial charge in [0.2, 0.25) is 0 Å². The Hall–Kier alpha value is -7.23. The van der Waals surface area contributed by atoms with Crippen molar-refractivity contribution in [1.82, 2.24) is 15.0 Å². The summed E-state index contributed by atoms with van der Waals surface area (Å²) < 4.78 is 0. The van der Waals surface area contributed by atoms with Crippen molar-refractivity contribution in [2.75, 3.05) is 0 Å². The van der Waals surface area contributed by atoms with Gasteiger partial charge < -0.3 is 0 Å². The minimum absolute atomic E-state index is 0.530. The summed E-state index contributed by atoms with van der Waals surface area (Å²) in [6.45, 7) is 0. The van der Waals surface area contributed by atoms with Gasteiger partial charge in [0.25, 0.3) is 0 Å². The molecule has 256 valence electrons. The third-order valence-electron chi connectivity index (χ3n) is 11.4. The zero-order valence-corrected chi connectivity index (χ0v) is 29.9. The van der Waals surface area contributed by atoms with Crippen molar-refractivity contribution in [2.45, 2.75) is 5.41 Å². The minimum Gasteiger partial charge on any atom is -0.208 e. The molecule has 3 nitrogen and oxygen atoms in total. The first-order valence-corrected chi connectivity index (χ1v) is 18.8. The van der Waals surface area contributed by atoms with Crippen LogP contribution in [0.15, 0.2) is 200 Å². The summed E-state index contributed by atoms with van der Waals surface area (Å²) in [4.78, 5) is 15.7. The van der Waals surface area contributed by atoms with Gasteiger partial charge in [-0.3, -0.25) is 0 Å². The molecule has 1 aliphatic rings. The Bertz CT molecular complexity index is 2960. The van der Waals surface area contributed by atoms with E-state index < -0.39 is 5.41 Å². The van der Waals surface area contributed by atoms with Crippen LogP contribution in [0.1, 0.15) is 22.3 Å². The molecule has 0 fully saturated rings. The Kier molecular flexibility index (Phi) is 7.08. The van der Waals surface area contributed by atoms with Gasteiger partial charge in [0.05, 0.1) is 5.41 Å². The summed E-state index contributed by atoms with van der Waals surface area (Å²) >= 11 is 0. The highest BCUT2D eigenvalue weighted by molar-refractivity contribution is 6.05. The Balaban J connectivity index is 1.19. The van der Waals surface area contributed by atoms with E-state index in [4.69, 9.17) is 15.0 Å². The van der Waals surface area contributed by atoms with Crippen LogP contribution in [0.3, 0.4) is 0 Å². The summed E-state index contributed by atoms with van der Waals surface area (Å²) in [6, 6.07) is 71.8. The predicted octanol–water partition coefficient (Wildman–Crippen LogP) is 12.7. The summed E-state index contributed by atoms with van der Waals surface area (Å²) in [5, 5.41) is 6.93. The molecule has 0 amide bonds. The lowest BCUT2D eigenvalue weighted by Gasteiger charge is -2.34. The molecule has 0 saturated heterocycles. The number of nitrogens with zero attached hydrogens (tertiary/aromatic N) is 3. The standard InChI is InChI=1S/C52H33N3/c1-3-18-40(19-4-1)52(41-20-5-2-6-21-41)47-25-12-11-22-43(47)45-31-30-42-44(48(45)52)23-13-24-46(42)51-54-49(38-28-26-34-14-7-9-16-36(34)32-38)53-50(55-51)39-29-27-35-15-8-10-17-37(35)33-39/h1-33H. The van der Waals surface area contributed by atoms with E-state index in [2.05, 4.69) is 200 Å². The van der Waals surface area contributed by atoms with Gasteiger partial charge in [0.15, 0.2) is 17.5 Å². The fraction of sp³-hybridized carbons (Fsp3) is 0.0192. The van der Waals surface area contributed by atoms with E-state index in [1.54, 1.807) is 0 Å².